The second-order valence-corrected chi connectivity index (χ2v) is 6.46. The van der Waals surface area contributed by atoms with Crippen LogP contribution in [0.25, 0.3) is 0 Å². The van der Waals surface area contributed by atoms with Gasteiger partial charge in [-0.15, -0.1) is 0 Å². The number of primary amides is 1. The fraction of sp³-hybridized carbons (Fsp3) is 0.786. The predicted octanol–water partition coefficient (Wildman–Crippen LogP) is 0.422. The van der Waals surface area contributed by atoms with Gasteiger partial charge in [0.25, 0.3) is 5.91 Å². The molecule has 0 aromatic rings. The number of hydrogen-bond donors (Lipinski definition) is 4. The van der Waals surface area contributed by atoms with Gasteiger partial charge in [0.05, 0.1) is 0 Å². The standard InChI is InChI=1S/C14H28N4O4/c1-9(2)8-10(17-13(21)22-14(3,4)5)12(20)18-16-7-6-11(15)19/h9-10,16H,6-8H2,1-5H3,(H2,15,19)(H,17,21)(H,18,20)/t10-/m0/s1. The molecule has 0 radical (unpaired) electrons. The Balaban J connectivity index is 4.46. The van der Waals surface area contributed by atoms with Crippen molar-refractivity contribution in [3.63, 3.8) is 0 Å². The van der Waals surface area contributed by atoms with Crippen LogP contribution in [0.2, 0.25) is 0 Å². The van der Waals surface area contributed by atoms with Crippen LogP contribution in [0.5, 0.6) is 0 Å². The van der Waals surface area contributed by atoms with E-state index >= 15 is 0 Å². The summed E-state index contributed by atoms with van der Waals surface area (Å²) in [6.07, 6.45) is -0.0811. The van der Waals surface area contributed by atoms with Crippen LogP contribution in [0.15, 0.2) is 0 Å². The van der Waals surface area contributed by atoms with Gasteiger partial charge in [-0.2, -0.15) is 0 Å². The van der Waals surface area contributed by atoms with E-state index < -0.39 is 29.6 Å². The molecule has 0 aliphatic heterocycles. The molecule has 1 atom stereocenters. The van der Waals surface area contributed by atoms with Gasteiger partial charge in [-0.1, -0.05) is 13.8 Å². The zero-order valence-corrected chi connectivity index (χ0v) is 14.0. The van der Waals surface area contributed by atoms with Crippen molar-refractivity contribution in [1.82, 2.24) is 16.2 Å². The van der Waals surface area contributed by atoms with Crippen molar-refractivity contribution in [1.29, 1.82) is 0 Å². The SMILES string of the molecule is CC(C)C[C@H](NC(=O)OC(C)(C)C)C(=O)NNCCC(N)=O. The predicted molar refractivity (Wildman–Crippen MR) is 82.6 cm³/mol. The average molecular weight is 316 g/mol. The fourth-order valence-electron chi connectivity index (χ4n) is 1.58. The maximum atomic E-state index is 12.1. The molecular weight excluding hydrogens is 288 g/mol. The lowest BCUT2D eigenvalue weighted by atomic mass is 10.0. The van der Waals surface area contributed by atoms with Gasteiger partial charge >= 0.3 is 6.09 Å². The Bertz CT molecular complexity index is 391. The van der Waals surface area contributed by atoms with Crippen molar-refractivity contribution in [2.24, 2.45) is 11.7 Å². The Morgan fingerprint density at radius 3 is 2.23 bits per heavy atom. The molecule has 3 amide bonds. The Hall–Kier alpha value is -1.83. The molecule has 0 saturated heterocycles. The fourth-order valence-corrected chi connectivity index (χ4v) is 1.58. The third kappa shape index (κ3) is 10.9. The van der Waals surface area contributed by atoms with Gasteiger partial charge in [0.15, 0.2) is 0 Å². The van der Waals surface area contributed by atoms with Gasteiger partial charge in [-0.25, -0.2) is 10.2 Å². The summed E-state index contributed by atoms with van der Waals surface area (Å²) >= 11 is 0. The van der Waals surface area contributed by atoms with E-state index in [0.717, 1.165) is 0 Å². The molecular formula is C14H28N4O4. The molecule has 0 spiro atoms. The summed E-state index contributed by atoms with van der Waals surface area (Å²) in [6, 6.07) is -0.726. The number of alkyl carbamates (subject to hydrolysis) is 1. The van der Waals surface area contributed by atoms with E-state index in [1.807, 2.05) is 13.8 Å². The van der Waals surface area contributed by atoms with Crippen LogP contribution in [0.1, 0.15) is 47.5 Å². The molecule has 128 valence electrons. The number of carbonyl (C=O) groups is 3. The second-order valence-electron chi connectivity index (χ2n) is 6.46. The minimum absolute atomic E-state index is 0.106. The molecule has 0 aromatic heterocycles. The first-order chi connectivity index (χ1) is 10.0. The molecule has 0 aliphatic carbocycles. The molecule has 0 aliphatic rings. The summed E-state index contributed by atoms with van der Waals surface area (Å²) in [5, 5.41) is 2.55. The van der Waals surface area contributed by atoms with Crippen LogP contribution in [0, 0.1) is 5.92 Å². The van der Waals surface area contributed by atoms with Crippen LogP contribution >= 0.6 is 0 Å². The zero-order chi connectivity index (χ0) is 17.3. The summed E-state index contributed by atoms with van der Waals surface area (Å²) < 4.78 is 5.15. The van der Waals surface area contributed by atoms with E-state index in [1.165, 1.54) is 0 Å². The smallest absolute Gasteiger partial charge is 0.408 e. The Morgan fingerprint density at radius 2 is 1.77 bits per heavy atom. The third-order valence-electron chi connectivity index (χ3n) is 2.42. The number of nitrogens with two attached hydrogens (primary N) is 1. The molecule has 0 fully saturated rings. The number of rotatable bonds is 8. The van der Waals surface area contributed by atoms with Gasteiger partial charge in [0, 0.05) is 13.0 Å². The summed E-state index contributed by atoms with van der Waals surface area (Å²) in [6.45, 7) is 9.34. The van der Waals surface area contributed by atoms with Crippen LogP contribution in [0.3, 0.4) is 0 Å². The Kier molecular flexibility index (Phi) is 8.47. The maximum absolute atomic E-state index is 12.1. The molecule has 8 nitrogen and oxygen atoms in total. The van der Waals surface area contributed by atoms with Gasteiger partial charge in [0.2, 0.25) is 5.91 Å². The van der Waals surface area contributed by atoms with E-state index in [2.05, 4.69) is 16.2 Å². The molecule has 0 rings (SSSR count). The number of ether oxygens (including phenoxy) is 1. The highest BCUT2D eigenvalue weighted by atomic mass is 16.6. The number of carbonyl (C=O) groups excluding carboxylic acids is 3. The highest BCUT2D eigenvalue weighted by molar-refractivity contribution is 5.85. The van der Waals surface area contributed by atoms with Crippen LogP contribution in [0.4, 0.5) is 4.79 Å². The van der Waals surface area contributed by atoms with E-state index in [4.69, 9.17) is 10.5 Å². The first kappa shape index (κ1) is 20.2. The van der Waals surface area contributed by atoms with Crippen molar-refractivity contribution in [3.05, 3.63) is 0 Å². The van der Waals surface area contributed by atoms with E-state index in [9.17, 15) is 14.4 Å². The Morgan fingerprint density at radius 1 is 1.18 bits per heavy atom. The summed E-state index contributed by atoms with van der Waals surface area (Å²) in [5.41, 5.74) is 9.40. The molecule has 0 unspecified atom stereocenters. The van der Waals surface area contributed by atoms with Crippen LogP contribution in [-0.4, -0.2) is 36.1 Å². The Labute approximate surface area is 131 Å². The van der Waals surface area contributed by atoms with Crippen molar-refractivity contribution in [3.8, 4) is 0 Å². The lowest BCUT2D eigenvalue weighted by Crippen LogP contribution is -2.52. The molecule has 22 heavy (non-hydrogen) atoms. The molecule has 0 aromatic carbocycles. The molecule has 0 bridgehead atoms. The van der Waals surface area contributed by atoms with Crippen LogP contribution < -0.4 is 21.9 Å². The van der Waals surface area contributed by atoms with Crippen molar-refractivity contribution in [2.75, 3.05) is 6.54 Å². The molecule has 8 heteroatoms. The molecule has 0 heterocycles. The van der Waals surface area contributed by atoms with Crippen LogP contribution in [-0.2, 0) is 14.3 Å². The largest absolute Gasteiger partial charge is 0.444 e. The summed E-state index contributed by atoms with van der Waals surface area (Å²) in [7, 11) is 0. The first-order valence-electron chi connectivity index (χ1n) is 7.31. The first-order valence-corrected chi connectivity index (χ1v) is 7.31. The lowest BCUT2D eigenvalue weighted by molar-refractivity contribution is -0.125. The lowest BCUT2D eigenvalue weighted by Gasteiger charge is -2.24. The monoisotopic (exact) mass is 316 g/mol. The minimum atomic E-state index is -0.726. The number of hydrogen-bond acceptors (Lipinski definition) is 5. The van der Waals surface area contributed by atoms with Gasteiger partial charge < -0.3 is 15.8 Å². The quantitative estimate of drug-likeness (QED) is 0.382. The second kappa shape index (κ2) is 9.24. The normalized spacial score (nSPS) is 12.6. The van der Waals surface area contributed by atoms with E-state index in [-0.39, 0.29) is 18.9 Å². The average Bonchev–Trinajstić information content (AvgIpc) is 2.30. The van der Waals surface area contributed by atoms with E-state index in [0.29, 0.717) is 6.42 Å². The zero-order valence-electron chi connectivity index (χ0n) is 14.0. The number of hydrazine groups is 1. The highest BCUT2D eigenvalue weighted by Gasteiger charge is 2.24. The highest BCUT2D eigenvalue weighted by Crippen LogP contribution is 2.09. The van der Waals surface area contributed by atoms with Gasteiger partial charge in [0.1, 0.15) is 11.6 Å². The van der Waals surface area contributed by atoms with Crippen molar-refractivity contribution >= 4 is 17.9 Å². The molecule has 0 saturated carbocycles. The molecule has 5 N–H and O–H groups in total. The van der Waals surface area contributed by atoms with Crippen molar-refractivity contribution < 1.29 is 19.1 Å². The van der Waals surface area contributed by atoms with E-state index in [1.54, 1.807) is 20.8 Å². The number of nitrogens with one attached hydrogen (secondary N) is 3. The maximum Gasteiger partial charge on any atom is 0.408 e. The van der Waals surface area contributed by atoms with Gasteiger partial charge in [-0.05, 0) is 33.1 Å². The topological polar surface area (TPSA) is 123 Å². The third-order valence-corrected chi connectivity index (χ3v) is 2.42. The van der Waals surface area contributed by atoms with Gasteiger partial charge in [-0.3, -0.25) is 15.0 Å². The van der Waals surface area contributed by atoms with Crippen molar-refractivity contribution in [2.45, 2.75) is 59.1 Å². The minimum Gasteiger partial charge on any atom is -0.444 e. The number of amides is 3. The summed E-state index contributed by atoms with van der Waals surface area (Å²) in [4.78, 5) is 34.4. The summed E-state index contributed by atoms with van der Waals surface area (Å²) in [5.74, 6) is -0.660.